The van der Waals surface area contributed by atoms with Crippen molar-refractivity contribution in [2.75, 3.05) is 19.5 Å². The van der Waals surface area contributed by atoms with E-state index >= 15 is 0 Å². The van der Waals surface area contributed by atoms with Crippen molar-refractivity contribution in [3.63, 3.8) is 0 Å². The molecule has 0 spiro atoms. The molecule has 0 bridgehead atoms. The van der Waals surface area contributed by atoms with Crippen LogP contribution >= 0.6 is 0 Å². The Balaban J connectivity index is 1.84. The summed E-state index contributed by atoms with van der Waals surface area (Å²) in [6.45, 7) is 1.80. The summed E-state index contributed by atoms with van der Waals surface area (Å²) in [4.78, 5) is 23.6. The second-order valence-corrected chi connectivity index (χ2v) is 6.45. The van der Waals surface area contributed by atoms with E-state index in [-0.39, 0.29) is 11.8 Å². The zero-order valence-electron chi connectivity index (χ0n) is 16.2. The first-order chi connectivity index (χ1) is 13.5. The van der Waals surface area contributed by atoms with Gasteiger partial charge in [-0.1, -0.05) is 12.1 Å². The molecule has 2 aromatic carbocycles. The highest BCUT2D eigenvalue weighted by Crippen LogP contribution is 2.29. The SMILES string of the molecule is COc1ccc(C2=NN(Cc3cccc(NC(C)=O)c3)C(=O)CC2)cc1OC. The number of amides is 2. The molecular weight excluding hydrogens is 358 g/mol. The number of hydrogen-bond acceptors (Lipinski definition) is 5. The number of rotatable bonds is 6. The summed E-state index contributed by atoms with van der Waals surface area (Å²) in [5.41, 5.74) is 3.29. The van der Waals surface area contributed by atoms with Crippen molar-refractivity contribution in [2.45, 2.75) is 26.3 Å². The van der Waals surface area contributed by atoms with Gasteiger partial charge in [0.1, 0.15) is 0 Å². The molecule has 1 aliphatic heterocycles. The lowest BCUT2D eigenvalue weighted by Crippen LogP contribution is -2.31. The summed E-state index contributed by atoms with van der Waals surface area (Å²) in [5, 5.41) is 8.79. The van der Waals surface area contributed by atoms with Gasteiger partial charge in [-0.25, -0.2) is 5.01 Å². The smallest absolute Gasteiger partial charge is 0.243 e. The number of nitrogens with one attached hydrogen (secondary N) is 1. The highest BCUT2D eigenvalue weighted by atomic mass is 16.5. The molecule has 0 fully saturated rings. The number of benzene rings is 2. The van der Waals surface area contributed by atoms with Crippen LogP contribution in [0.15, 0.2) is 47.6 Å². The second-order valence-electron chi connectivity index (χ2n) is 6.45. The Morgan fingerprint density at radius 2 is 1.89 bits per heavy atom. The van der Waals surface area contributed by atoms with Crippen molar-refractivity contribution in [1.29, 1.82) is 0 Å². The molecule has 0 aliphatic carbocycles. The summed E-state index contributed by atoms with van der Waals surface area (Å²) < 4.78 is 10.6. The van der Waals surface area contributed by atoms with Crippen molar-refractivity contribution >= 4 is 23.2 Å². The number of hydrazone groups is 1. The van der Waals surface area contributed by atoms with Crippen LogP contribution in [-0.2, 0) is 16.1 Å². The highest BCUT2D eigenvalue weighted by molar-refractivity contribution is 6.04. The largest absolute Gasteiger partial charge is 0.493 e. The van der Waals surface area contributed by atoms with Gasteiger partial charge >= 0.3 is 0 Å². The first kappa shape index (κ1) is 19.4. The zero-order valence-corrected chi connectivity index (χ0v) is 16.2. The van der Waals surface area contributed by atoms with Crippen molar-refractivity contribution < 1.29 is 19.1 Å². The topological polar surface area (TPSA) is 80.2 Å². The molecule has 3 rings (SSSR count). The van der Waals surface area contributed by atoms with Gasteiger partial charge in [-0.3, -0.25) is 9.59 Å². The quantitative estimate of drug-likeness (QED) is 0.833. The van der Waals surface area contributed by atoms with E-state index in [1.165, 1.54) is 11.9 Å². The van der Waals surface area contributed by atoms with Gasteiger partial charge in [0, 0.05) is 31.0 Å². The third-order valence-corrected chi connectivity index (χ3v) is 4.40. The maximum atomic E-state index is 12.4. The number of hydrogen-bond donors (Lipinski definition) is 1. The maximum Gasteiger partial charge on any atom is 0.243 e. The Kier molecular flexibility index (Phi) is 5.93. The third-order valence-electron chi connectivity index (χ3n) is 4.40. The van der Waals surface area contributed by atoms with E-state index in [0.717, 1.165) is 16.8 Å². The molecule has 2 amide bonds. The highest BCUT2D eigenvalue weighted by Gasteiger charge is 2.22. The number of methoxy groups -OCH3 is 2. The van der Waals surface area contributed by atoms with Gasteiger partial charge in [0.15, 0.2) is 11.5 Å². The lowest BCUT2D eigenvalue weighted by atomic mass is 10.0. The van der Waals surface area contributed by atoms with Gasteiger partial charge < -0.3 is 14.8 Å². The third kappa shape index (κ3) is 4.49. The van der Waals surface area contributed by atoms with Crippen LogP contribution < -0.4 is 14.8 Å². The van der Waals surface area contributed by atoms with Gasteiger partial charge in [-0.05, 0) is 35.9 Å². The molecule has 0 saturated heterocycles. The van der Waals surface area contributed by atoms with E-state index < -0.39 is 0 Å². The Morgan fingerprint density at radius 1 is 1.11 bits per heavy atom. The molecule has 1 N–H and O–H groups in total. The lowest BCUT2D eigenvalue weighted by Gasteiger charge is -2.24. The van der Waals surface area contributed by atoms with Gasteiger partial charge in [-0.15, -0.1) is 0 Å². The molecule has 7 heteroatoms. The number of carbonyl (C=O) groups is 2. The molecular formula is C21H23N3O4. The van der Waals surface area contributed by atoms with Crippen molar-refractivity contribution in [2.24, 2.45) is 5.10 Å². The van der Waals surface area contributed by atoms with E-state index in [1.807, 2.05) is 36.4 Å². The Labute approximate surface area is 163 Å². The molecule has 1 heterocycles. The molecule has 28 heavy (non-hydrogen) atoms. The molecule has 2 aromatic rings. The summed E-state index contributed by atoms with van der Waals surface area (Å²) in [5.74, 6) is 1.09. The zero-order chi connectivity index (χ0) is 20.1. The second kappa shape index (κ2) is 8.56. The first-order valence-corrected chi connectivity index (χ1v) is 8.97. The van der Waals surface area contributed by atoms with Gasteiger partial charge in [-0.2, -0.15) is 5.10 Å². The fraction of sp³-hybridized carbons (Fsp3) is 0.286. The lowest BCUT2D eigenvalue weighted by molar-refractivity contribution is -0.132. The molecule has 7 nitrogen and oxygen atoms in total. The average molecular weight is 381 g/mol. The minimum absolute atomic E-state index is 0.0332. The summed E-state index contributed by atoms with van der Waals surface area (Å²) in [6.07, 6.45) is 0.954. The van der Waals surface area contributed by atoms with E-state index in [4.69, 9.17) is 9.47 Å². The first-order valence-electron chi connectivity index (χ1n) is 8.97. The van der Waals surface area contributed by atoms with Gasteiger partial charge in [0.05, 0.1) is 26.5 Å². The minimum atomic E-state index is -0.139. The monoisotopic (exact) mass is 381 g/mol. The van der Waals surface area contributed by atoms with Gasteiger partial charge in [0.25, 0.3) is 0 Å². The normalized spacial score (nSPS) is 13.8. The number of nitrogens with zero attached hydrogens (tertiary/aromatic N) is 2. The Morgan fingerprint density at radius 3 is 2.61 bits per heavy atom. The molecule has 0 unspecified atom stereocenters. The van der Waals surface area contributed by atoms with Crippen LogP contribution in [0.5, 0.6) is 11.5 Å². The Hall–Kier alpha value is -3.35. The average Bonchev–Trinajstić information content (AvgIpc) is 2.69. The van der Waals surface area contributed by atoms with Crippen molar-refractivity contribution in [1.82, 2.24) is 5.01 Å². The van der Waals surface area contributed by atoms with Gasteiger partial charge in [0.2, 0.25) is 11.8 Å². The molecule has 0 aromatic heterocycles. The van der Waals surface area contributed by atoms with Crippen LogP contribution in [0.25, 0.3) is 0 Å². The summed E-state index contributed by atoms with van der Waals surface area (Å²) in [7, 11) is 3.17. The molecule has 0 atom stereocenters. The summed E-state index contributed by atoms with van der Waals surface area (Å²) >= 11 is 0. The maximum absolute atomic E-state index is 12.4. The van der Waals surface area contributed by atoms with Crippen molar-refractivity contribution in [3.8, 4) is 11.5 Å². The van der Waals surface area contributed by atoms with E-state index in [2.05, 4.69) is 10.4 Å². The number of anilines is 1. The van der Waals surface area contributed by atoms with E-state index in [1.54, 1.807) is 20.3 Å². The van der Waals surface area contributed by atoms with E-state index in [9.17, 15) is 9.59 Å². The molecule has 0 radical (unpaired) electrons. The van der Waals surface area contributed by atoms with Crippen molar-refractivity contribution in [3.05, 3.63) is 53.6 Å². The molecule has 0 saturated carbocycles. The Bertz CT molecular complexity index is 924. The van der Waals surface area contributed by atoms with Crippen LogP contribution in [0.1, 0.15) is 30.9 Å². The fourth-order valence-electron chi connectivity index (χ4n) is 3.07. The predicted octanol–water partition coefficient (Wildman–Crippen LogP) is 3.19. The number of ether oxygens (including phenoxy) is 2. The van der Waals surface area contributed by atoms with Crippen LogP contribution in [0.2, 0.25) is 0 Å². The standard InChI is InChI=1S/C21H23N3O4/c1-14(25)22-17-6-4-5-15(11-17)13-24-21(26)10-8-18(23-24)16-7-9-19(27-2)20(12-16)28-3/h4-7,9,11-12H,8,10,13H2,1-3H3,(H,22,25). The van der Waals surface area contributed by atoms with E-state index in [0.29, 0.717) is 36.6 Å². The number of carbonyl (C=O) groups excluding carboxylic acids is 2. The molecule has 146 valence electrons. The van der Waals surface area contributed by atoms with Crippen LogP contribution in [0.4, 0.5) is 5.69 Å². The predicted molar refractivity (Wildman–Crippen MR) is 107 cm³/mol. The van der Waals surface area contributed by atoms with Crippen LogP contribution in [0, 0.1) is 0 Å². The van der Waals surface area contributed by atoms with Crippen LogP contribution in [-0.4, -0.2) is 36.8 Å². The molecule has 1 aliphatic rings. The van der Waals surface area contributed by atoms with Crippen LogP contribution in [0.3, 0.4) is 0 Å². The minimum Gasteiger partial charge on any atom is -0.493 e. The summed E-state index contributed by atoms with van der Waals surface area (Å²) in [6, 6.07) is 13.0. The fourth-order valence-corrected chi connectivity index (χ4v) is 3.07.